The second-order valence-corrected chi connectivity index (χ2v) is 3.92. The second kappa shape index (κ2) is 3.90. The van der Waals surface area contributed by atoms with E-state index in [9.17, 15) is 0 Å². The standard InChI is InChI=1S/C13H12N4/c1-17-7-11(16-9-17)13-12(14-8-15-13)10-5-3-2-4-6-10/h2-9H,1H3,(H,14,15). The fourth-order valence-electron chi connectivity index (χ4n) is 1.85. The third kappa shape index (κ3) is 1.73. The molecule has 3 aromatic rings. The monoisotopic (exact) mass is 224 g/mol. The first-order valence-electron chi connectivity index (χ1n) is 5.42. The van der Waals surface area contributed by atoms with E-state index in [4.69, 9.17) is 0 Å². The van der Waals surface area contributed by atoms with Gasteiger partial charge in [0.1, 0.15) is 5.69 Å². The summed E-state index contributed by atoms with van der Waals surface area (Å²) in [6.07, 6.45) is 5.46. The van der Waals surface area contributed by atoms with Crippen LogP contribution in [0.4, 0.5) is 0 Å². The smallest absolute Gasteiger partial charge is 0.107 e. The summed E-state index contributed by atoms with van der Waals surface area (Å²) in [4.78, 5) is 11.9. The molecule has 4 heteroatoms. The zero-order valence-electron chi connectivity index (χ0n) is 9.46. The van der Waals surface area contributed by atoms with E-state index in [0.29, 0.717) is 0 Å². The number of imidazole rings is 2. The van der Waals surface area contributed by atoms with Gasteiger partial charge in [0.2, 0.25) is 0 Å². The number of nitrogens with zero attached hydrogens (tertiary/aromatic N) is 3. The van der Waals surface area contributed by atoms with E-state index in [0.717, 1.165) is 22.6 Å². The Bertz CT molecular complexity index is 622. The summed E-state index contributed by atoms with van der Waals surface area (Å²) in [6.45, 7) is 0. The van der Waals surface area contributed by atoms with E-state index in [1.54, 1.807) is 12.7 Å². The van der Waals surface area contributed by atoms with Crippen molar-refractivity contribution >= 4 is 0 Å². The Morgan fingerprint density at radius 2 is 1.94 bits per heavy atom. The molecule has 1 aromatic carbocycles. The molecule has 0 amide bonds. The number of nitrogens with one attached hydrogen (secondary N) is 1. The third-order valence-electron chi connectivity index (χ3n) is 2.65. The molecule has 84 valence electrons. The molecule has 0 unspecified atom stereocenters. The topological polar surface area (TPSA) is 46.5 Å². The van der Waals surface area contributed by atoms with Gasteiger partial charge < -0.3 is 9.55 Å². The Balaban J connectivity index is 2.12. The van der Waals surface area contributed by atoms with Crippen molar-refractivity contribution in [1.29, 1.82) is 0 Å². The van der Waals surface area contributed by atoms with Crippen molar-refractivity contribution in [2.24, 2.45) is 7.05 Å². The first-order valence-corrected chi connectivity index (χ1v) is 5.42. The van der Waals surface area contributed by atoms with Gasteiger partial charge in [0.15, 0.2) is 0 Å². The van der Waals surface area contributed by atoms with Gasteiger partial charge in [-0.05, 0) is 0 Å². The highest BCUT2D eigenvalue weighted by molar-refractivity contribution is 5.75. The Kier molecular flexibility index (Phi) is 2.26. The van der Waals surface area contributed by atoms with Crippen molar-refractivity contribution in [2.45, 2.75) is 0 Å². The zero-order chi connectivity index (χ0) is 11.7. The lowest BCUT2D eigenvalue weighted by Crippen LogP contribution is -1.84. The van der Waals surface area contributed by atoms with Gasteiger partial charge in [0.05, 0.1) is 24.0 Å². The van der Waals surface area contributed by atoms with Gasteiger partial charge in [0, 0.05) is 18.8 Å². The number of hydrogen-bond donors (Lipinski definition) is 1. The molecule has 0 aliphatic heterocycles. The number of benzene rings is 1. The van der Waals surface area contributed by atoms with Crippen LogP contribution in [0.2, 0.25) is 0 Å². The van der Waals surface area contributed by atoms with Crippen LogP contribution in [-0.4, -0.2) is 19.5 Å². The van der Waals surface area contributed by atoms with E-state index in [2.05, 4.69) is 15.0 Å². The van der Waals surface area contributed by atoms with Crippen LogP contribution < -0.4 is 0 Å². The lowest BCUT2D eigenvalue weighted by Gasteiger charge is -1.99. The highest BCUT2D eigenvalue weighted by Crippen LogP contribution is 2.27. The van der Waals surface area contributed by atoms with Crippen LogP contribution in [0.5, 0.6) is 0 Å². The largest absolute Gasteiger partial charge is 0.343 e. The van der Waals surface area contributed by atoms with Gasteiger partial charge in [-0.1, -0.05) is 30.3 Å². The molecule has 0 aliphatic carbocycles. The second-order valence-electron chi connectivity index (χ2n) is 3.92. The normalized spacial score (nSPS) is 10.6. The molecule has 0 saturated carbocycles. The summed E-state index contributed by atoms with van der Waals surface area (Å²) >= 11 is 0. The first kappa shape index (κ1) is 9.84. The van der Waals surface area contributed by atoms with Gasteiger partial charge in [-0.2, -0.15) is 0 Å². The molecule has 2 aromatic heterocycles. The minimum absolute atomic E-state index is 0.906. The van der Waals surface area contributed by atoms with Crippen LogP contribution in [0.15, 0.2) is 49.2 Å². The molecular weight excluding hydrogens is 212 g/mol. The van der Waals surface area contributed by atoms with Crippen LogP contribution in [-0.2, 0) is 7.05 Å². The van der Waals surface area contributed by atoms with Gasteiger partial charge >= 0.3 is 0 Å². The molecule has 3 rings (SSSR count). The number of hydrogen-bond acceptors (Lipinski definition) is 2. The van der Waals surface area contributed by atoms with Crippen molar-refractivity contribution in [3.8, 4) is 22.6 Å². The minimum atomic E-state index is 0.906. The Morgan fingerprint density at radius 1 is 1.12 bits per heavy atom. The van der Waals surface area contributed by atoms with Gasteiger partial charge in [0.25, 0.3) is 0 Å². The molecule has 0 atom stereocenters. The maximum Gasteiger partial charge on any atom is 0.107 e. The average molecular weight is 224 g/mol. The highest BCUT2D eigenvalue weighted by atomic mass is 15.0. The van der Waals surface area contributed by atoms with E-state index in [-0.39, 0.29) is 0 Å². The summed E-state index contributed by atoms with van der Waals surface area (Å²) in [6, 6.07) is 10.1. The van der Waals surface area contributed by atoms with Crippen LogP contribution in [0.1, 0.15) is 0 Å². The lowest BCUT2D eigenvalue weighted by atomic mass is 10.1. The summed E-state index contributed by atoms with van der Waals surface area (Å²) in [7, 11) is 1.95. The van der Waals surface area contributed by atoms with Gasteiger partial charge in [-0.15, -0.1) is 0 Å². The van der Waals surface area contributed by atoms with Crippen molar-refractivity contribution in [3.63, 3.8) is 0 Å². The fourth-order valence-corrected chi connectivity index (χ4v) is 1.85. The van der Waals surface area contributed by atoms with Crippen LogP contribution in [0.3, 0.4) is 0 Å². The van der Waals surface area contributed by atoms with Crippen LogP contribution in [0.25, 0.3) is 22.6 Å². The quantitative estimate of drug-likeness (QED) is 0.726. The molecular formula is C13H12N4. The number of aryl methyl sites for hydroxylation is 1. The highest BCUT2D eigenvalue weighted by Gasteiger charge is 2.11. The maximum absolute atomic E-state index is 4.37. The molecule has 1 N–H and O–H groups in total. The molecule has 0 fully saturated rings. The first-order chi connectivity index (χ1) is 8.34. The van der Waals surface area contributed by atoms with Crippen molar-refractivity contribution < 1.29 is 0 Å². The number of aromatic nitrogens is 4. The number of H-pyrrole nitrogens is 1. The fraction of sp³-hybridized carbons (Fsp3) is 0.0769. The summed E-state index contributed by atoms with van der Waals surface area (Å²) in [5, 5.41) is 0. The Morgan fingerprint density at radius 3 is 2.65 bits per heavy atom. The molecule has 0 saturated heterocycles. The van der Waals surface area contributed by atoms with E-state index in [1.807, 2.05) is 48.1 Å². The molecule has 0 bridgehead atoms. The summed E-state index contributed by atoms with van der Waals surface area (Å²) < 4.78 is 1.92. The molecule has 0 spiro atoms. The SMILES string of the molecule is Cn1cnc(-c2[nH]cnc2-c2ccccc2)c1. The molecule has 2 heterocycles. The molecule has 4 nitrogen and oxygen atoms in total. The number of rotatable bonds is 2. The van der Waals surface area contributed by atoms with E-state index in [1.165, 1.54) is 0 Å². The third-order valence-corrected chi connectivity index (χ3v) is 2.65. The predicted molar refractivity (Wildman–Crippen MR) is 66.2 cm³/mol. The van der Waals surface area contributed by atoms with Crippen molar-refractivity contribution in [1.82, 2.24) is 19.5 Å². The minimum Gasteiger partial charge on any atom is -0.343 e. The van der Waals surface area contributed by atoms with E-state index < -0.39 is 0 Å². The van der Waals surface area contributed by atoms with Crippen molar-refractivity contribution in [2.75, 3.05) is 0 Å². The Hall–Kier alpha value is -2.36. The summed E-state index contributed by atoms with van der Waals surface area (Å²) in [5.41, 5.74) is 3.89. The van der Waals surface area contributed by atoms with E-state index >= 15 is 0 Å². The predicted octanol–water partition coefficient (Wildman–Crippen LogP) is 2.48. The van der Waals surface area contributed by atoms with Gasteiger partial charge in [-0.3, -0.25) is 0 Å². The zero-order valence-corrected chi connectivity index (χ0v) is 9.46. The summed E-state index contributed by atoms with van der Waals surface area (Å²) in [5.74, 6) is 0. The van der Waals surface area contributed by atoms with Crippen molar-refractivity contribution in [3.05, 3.63) is 49.2 Å². The van der Waals surface area contributed by atoms with Gasteiger partial charge in [-0.25, -0.2) is 9.97 Å². The Labute approximate surface area is 99.0 Å². The lowest BCUT2D eigenvalue weighted by molar-refractivity contribution is 0.913. The molecule has 0 radical (unpaired) electrons. The average Bonchev–Trinajstić information content (AvgIpc) is 2.98. The number of aromatic amines is 1. The van der Waals surface area contributed by atoms with Crippen LogP contribution in [0, 0.1) is 0 Å². The molecule has 0 aliphatic rings. The maximum atomic E-state index is 4.37. The van der Waals surface area contributed by atoms with Crippen LogP contribution >= 0.6 is 0 Å². The molecule has 17 heavy (non-hydrogen) atoms.